The van der Waals surface area contributed by atoms with Crippen LogP contribution in [0.2, 0.25) is 0 Å². The molecule has 1 aromatic heterocycles. The zero-order chi connectivity index (χ0) is 15.5. The first-order valence-electron chi connectivity index (χ1n) is 7.25. The summed E-state index contributed by atoms with van der Waals surface area (Å²) in [7, 11) is 0. The van der Waals surface area contributed by atoms with Gasteiger partial charge in [0, 0.05) is 18.2 Å². The highest BCUT2D eigenvalue weighted by atomic mass is 16.3. The van der Waals surface area contributed by atoms with E-state index in [4.69, 9.17) is 0 Å². The molecule has 112 valence electrons. The number of phenols is 1. The van der Waals surface area contributed by atoms with Crippen LogP contribution in [0.25, 0.3) is 22.4 Å². The molecule has 2 aromatic carbocycles. The van der Waals surface area contributed by atoms with E-state index in [1.54, 1.807) is 12.1 Å². The number of imidazole rings is 1. The minimum absolute atomic E-state index is 0.0570. The van der Waals surface area contributed by atoms with E-state index >= 15 is 0 Å². The Balaban J connectivity index is 1.90. The predicted octanol–water partition coefficient (Wildman–Crippen LogP) is 3.67. The fourth-order valence-electron chi connectivity index (χ4n) is 2.34. The number of hydrogen-bond donors (Lipinski definition) is 3. The van der Waals surface area contributed by atoms with Crippen LogP contribution in [0.4, 0.5) is 5.69 Å². The van der Waals surface area contributed by atoms with Crippen LogP contribution in [0.3, 0.4) is 0 Å². The van der Waals surface area contributed by atoms with Crippen molar-refractivity contribution < 1.29 is 9.90 Å². The number of rotatable bonds is 4. The number of fused-ring (bicyclic) bond motifs is 1. The van der Waals surface area contributed by atoms with Gasteiger partial charge in [0.05, 0.1) is 16.6 Å². The number of nitrogens with one attached hydrogen (secondary N) is 2. The number of hydrogen-bond acceptors (Lipinski definition) is 3. The van der Waals surface area contributed by atoms with Gasteiger partial charge in [-0.2, -0.15) is 0 Å². The molecule has 3 aromatic rings. The number of para-hydroxylation sites is 2. The Kier molecular flexibility index (Phi) is 3.78. The zero-order valence-corrected chi connectivity index (χ0v) is 12.3. The van der Waals surface area contributed by atoms with Gasteiger partial charge in [-0.15, -0.1) is 0 Å². The van der Waals surface area contributed by atoms with Crippen molar-refractivity contribution in [1.82, 2.24) is 9.97 Å². The van der Waals surface area contributed by atoms with E-state index in [0.717, 1.165) is 17.5 Å². The van der Waals surface area contributed by atoms with Crippen molar-refractivity contribution in [3.05, 3.63) is 42.5 Å². The molecule has 0 radical (unpaired) electrons. The van der Waals surface area contributed by atoms with E-state index < -0.39 is 0 Å². The van der Waals surface area contributed by atoms with Gasteiger partial charge >= 0.3 is 0 Å². The van der Waals surface area contributed by atoms with E-state index in [-0.39, 0.29) is 11.7 Å². The highest BCUT2D eigenvalue weighted by molar-refractivity contribution is 5.91. The highest BCUT2D eigenvalue weighted by Crippen LogP contribution is 2.31. The summed E-state index contributed by atoms with van der Waals surface area (Å²) in [6.07, 6.45) is 1.25. The maximum absolute atomic E-state index is 11.6. The van der Waals surface area contributed by atoms with Gasteiger partial charge in [-0.05, 0) is 30.7 Å². The number of H-pyrrole nitrogens is 1. The molecular formula is C17H17N3O2. The molecule has 5 heteroatoms. The van der Waals surface area contributed by atoms with Gasteiger partial charge in [0.15, 0.2) is 0 Å². The Morgan fingerprint density at radius 2 is 2.09 bits per heavy atom. The molecule has 1 heterocycles. The second-order valence-electron chi connectivity index (χ2n) is 5.13. The molecule has 0 saturated carbocycles. The van der Waals surface area contributed by atoms with Crippen LogP contribution in [0.1, 0.15) is 19.8 Å². The summed E-state index contributed by atoms with van der Waals surface area (Å²) >= 11 is 0. The van der Waals surface area contributed by atoms with Gasteiger partial charge in [-0.3, -0.25) is 4.79 Å². The largest absolute Gasteiger partial charge is 0.507 e. The summed E-state index contributed by atoms with van der Waals surface area (Å²) in [5.74, 6) is 0.622. The number of phenolic OH excluding ortho intramolecular Hbond substituents is 1. The fraction of sp³-hybridized carbons (Fsp3) is 0.176. The minimum atomic E-state index is -0.0570. The number of benzene rings is 2. The molecule has 22 heavy (non-hydrogen) atoms. The molecule has 0 aliphatic carbocycles. The summed E-state index contributed by atoms with van der Waals surface area (Å²) < 4.78 is 0. The first-order valence-corrected chi connectivity index (χ1v) is 7.25. The van der Waals surface area contributed by atoms with Crippen LogP contribution >= 0.6 is 0 Å². The molecule has 1 amide bonds. The Hall–Kier alpha value is -2.82. The highest BCUT2D eigenvalue weighted by Gasteiger charge is 2.11. The summed E-state index contributed by atoms with van der Waals surface area (Å²) in [4.78, 5) is 19.2. The van der Waals surface area contributed by atoms with Gasteiger partial charge in [-0.25, -0.2) is 4.98 Å². The Morgan fingerprint density at radius 1 is 1.27 bits per heavy atom. The second kappa shape index (κ2) is 5.89. The van der Waals surface area contributed by atoms with E-state index in [0.29, 0.717) is 23.5 Å². The van der Waals surface area contributed by atoms with Crippen molar-refractivity contribution in [2.75, 3.05) is 5.32 Å². The quantitative estimate of drug-likeness (QED) is 0.687. The molecule has 0 unspecified atom stereocenters. The molecule has 3 N–H and O–H groups in total. The van der Waals surface area contributed by atoms with Gasteiger partial charge in [0.25, 0.3) is 0 Å². The van der Waals surface area contributed by atoms with Crippen molar-refractivity contribution in [2.24, 2.45) is 0 Å². The average molecular weight is 295 g/mol. The molecule has 0 fully saturated rings. The molecular weight excluding hydrogens is 278 g/mol. The number of nitrogens with zero attached hydrogens (tertiary/aromatic N) is 1. The predicted molar refractivity (Wildman–Crippen MR) is 86.7 cm³/mol. The molecule has 0 atom stereocenters. The number of carbonyl (C=O) groups is 1. The van der Waals surface area contributed by atoms with Crippen LogP contribution in [-0.2, 0) is 4.79 Å². The maximum atomic E-state index is 11.6. The van der Waals surface area contributed by atoms with Crippen molar-refractivity contribution in [2.45, 2.75) is 19.8 Å². The lowest BCUT2D eigenvalue weighted by Crippen LogP contribution is -2.10. The SMILES string of the molecule is CCCC(=O)Nc1ccc(-c2nc3ccccc3[nH]2)c(O)c1. The molecule has 0 saturated heterocycles. The lowest BCUT2D eigenvalue weighted by molar-refractivity contribution is -0.116. The Morgan fingerprint density at radius 3 is 2.82 bits per heavy atom. The molecule has 0 aliphatic heterocycles. The summed E-state index contributed by atoms with van der Waals surface area (Å²) in [6, 6.07) is 12.7. The lowest BCUT2D eigenvalue weighted by Gasteiger charge is -2.07. The van der Waals surface area contributed by atoms with Gasteiger partial charge in [0.1, 0.15) is 11.6 Å². The summed E-state index contributed by atoms with van der Waals surface area (Å²) in [6.45, 7) is 1.95. The van der Waals surface area contributed by atoms with E-state index in [9.17, 15) is 9.90 Å². The minimum Gasteiger partial charge on any atom is -0.507 e. The third kappa shape index (κ3) is 2.79. The van der Waals surface area contributed by atoms with Crippen LogP contribution in [0, 0.1) is 0 Å². The normalized spacial score (nSPS) is 10.8. The number of aromatic amines is 1. The van der Waals surface area contributed by atoms with Crippen LogP contribution in [0.15, 0.2) is 42.5 Å². The van der Waals surface area contributed by atoms with Gasteiger partial charge in [0.2, 0.25) is 5.91 Å². The van der Waals surface area contributed by atoms with E-state index in [2.05, 4.69) is 15.3 Å². The molecule has 0 spiro atoms. The van der Waals surface area contributed by atoms with Gasteiger partial charge < -0.3 is 15.4 Å². The maximum Gasteiger partial charge on any atom is 0.224 e. The topological polar surface area (TPSA) is 78.0 Å². The standard InChI is InChI=1S/C17H17N3O2/c1-2-5-16(22)18-11-8-9-12(15(21)10-11)17-19-13-6-3-4-7-14(13)20-17/h3-4,6-10,21H,2,5H2,1H3,(H,18,22)(H,19,20). The van der Waals surface area contributed by atoms with E-state index in [1.165, 1.54) is 6.07 Å². The fourth-order valence-corrected chi connectivity index (χ4v) is 2.34. The van der Waals surface area contributed by atoms with E-state index in [1.807, 2.05) is 31.2 Å². The third-order valence-electron chi connectivity index (χ3n) is 3.40. The van der Waals surface area contributed by atoms with Crippen LogP contribution < -0.4 is 5.32 Å². The Labute approximate surface area is 128 Å². The zero-order valence-electron chi connectivity index (χ0n) is 12.3. The second-order valence-corrected chi connectivity index (χ2v) is 5.13. The summed E-state index contributed by atoms with van der Waals surface area (Å²) in [5.41, 5.74) is 2.94. The molecule has 0 aliphatic rings. The molecule has 3 rings (SSSR count). The van der Waals surface area contributed by atoms with Crippen molar-refractivity contribution in [3.8, 4) is 17.1 Å². The number of anilines is 1. The van der Waals surface area contributed by atoms with Crippen LogP contribution in [-0.4, -0.2) is 21.0 Å². The average Bonchev–Trinajstić information content (AvgIpc) is 2.91. The van der Waals surface area contributed by atoms with Crippen molar-refractivity contribution in [3.63, 3.8) is 0 Å². The summed E-state index contributed by atoms with van der Waals surface area (Å²) in [5, 5.41) is 13.0. The smallest absolute Gasteiger partial charge is 0.224 e. The van der Waals surface area contributed by atoms with Gasteiger partial charge in [-0.1, -0.05) is 19.1 Å². The molecule has 0 bridgehead atoms. The van der Waals surface area contributed by atoms with Crippen molar-refractivity contribution >= 4 is 22.6 Å². The number of carbonyl (C=O) groups excluding carboxylic acids is 1. The monoisotopic (exact) mass is 295 g/mol. The van der Waals surface area contributed by atoms with Crippen molar-refractivity contribution in [1.29, 1.82) is 0 Å². The number of aromatic nitrogens is 2. The first kappa shape index (κ1) is 14.1. The number of aromatic hydroxyl groups is 1. The number of amides is 1. The Bertz CT molecular complexity index is 791. The van der Waals surface area contributed by atoms with Crippen LogP contribution in [0.5, 0.6) is 5.75 Å². The first-order chi connectivity index (χ1) is 10.7. The lowest BCUT2D eigenvalue weighted by atomic mass is 10.1. The third-order valence-corrected chi connectivity index (χ3v) is 3.40. The molecule has 5 nitrogen and oxygen atoms in total.